The number of hydrogen-bond acceptors (Lipinski definition) is 3. The Morgan fingerprint density at radius 3 is 1.26 bits per heavy atom. The fourth-order valence-electron chi connectivity index (χ4n) is 11.5. The van der Waals surface area contributed by atoms with E-state index in [1.54, 1.807) is 0 Å². The monoisotopic (exact) mass is 919 g/mol. The molecule has 0 saturated carbocycles. The summed E-state index contributed by atoms with van der Waals surface area (Å²) in [6, 6.07) is 86.3. The third-order valence-corrected chi connectivity index (χ3v) is 14.9. The zero-order valence-electron chi connectivity index (χ0n) is 39.2. The number of benzene rings is 10. The molecule has 338 valence electrons. The number of nitrogens with zero attached hydrogens (tertiary/aromatic N) is 3. The lowest BCUT2D eigenvalue weighted by atomic mass is 9.85. The second-order valence-electron chi connectivity index (χ2n) is 18.9. The van der Waals surface area contributed by atoms with Gasteiger partial charge in [-0.25, -0.2) is 0 Å². The van der Waals surface area contributed by atoms with Crippen LogP contribution in [0.3, 0.4) is 0 Å². The second-order valence-corrected chi connectivity index (χ2v) is 18.9. The minimum Gasteiger partial charge on any atom is -0.454 e. The van der Waals surface area contributed by atoms with E-state index in [-0.39, 0.29) is 11.8 Å². The van der Waals surface area contributed by atoms with Gasteiger partial charge in [0, 0.05) is 53.1 Å². The van der Waals surface area contributed by atoms with Crippen LogP contribution in [-0.2, 0) is 0 Å². The molecule has 0 radical (unpaired) electrons. The Bertz CT molecular complexity index is 4220. The van der Waals surface area contributed by atoms with Crippen molar-refractivity contribution < 1.29 is 4.42 Å². The van der Waals surface area contributed by atoms with Gasteiger partial charge in [-0.2, -0.15) is 0 Å². The molecule has 4 nitrogen and oxygen atoms in total. The summed E-state index contributed by atoms with van der Waals surface area (Å²) in [5.74, 6) is 0.177. The van der Waals surface area contributed by atoms with Gasteiger partial charge < -0.3 is 8.98 Å². The Kier molecular flexibility index (Phi) is 9.95. The molecule has 14 rings (SSSR count). The number of aromatic nitrogens is 3. The molecule has 4 aromatic heterocycles. The van der Waals surface area contributed by atoms with Crippen molar-refractivity contribution in [3.05, 3.63) is 295 Å². The molecule has 0 amide bonds. The molecule has 72 heavy (non-hydrogen) atoms. The van der Waals surface area contributed by atoms with Crippen molar-refractivity contribution >= 4 is 65.3 Å². The molecule has 2 unspecified atom stereocenters. The van der Waals surface area contributed by atoms with Crippen molar-refractivity contribution in [3.63, 3.8) is 0 Å². The van der Waals surface area contributed by atoms with Gasteiger partial charge in [0.25, 0.3) is 0 Å². The molecule has 0 aliphatic rings. The Hall–Kier alpha value is -9.38. The average molecular weight is 920 g/mol. The fourth-order valence-corrected chi connectivity index (χ4v) is 11.5. The Balaban J connectivity index is 0.900. The summed E-state index contributed by atoms with van der Waals surface area (Å²) in [6.07, 6.45) is 7.54. The van der Waals surface area contributed by atoms with Gasteiger partial charge in [-0.05, 0) is 161 Å². The number of pyridine rings is 2. The lowest BCUT2D eigenvalue weighted by Gasteiger charge is -2.19. The predicted octanol–water partition coefficient (Wildman–Crippen LogP) is 17.5. The minimum atomic E-state index is 0.0690. The molecule has 4 heteroatoms. The zero-order chi connectivity index (χ0) is 47.5. The summed E-state index contributed by atoms with van der Waals surface area (Å²) < 4.78 is 9.11. The molecule has 0 spiro atoms. The second kappa shape index (κ2) is 17.2. The quantitative estimate of drug-likeness (QED) is 0.136. The highest BCUT2D eigenvalue weighted by Crippen LogP contribution is 2.44. The summed E-state index contributed by atoms with van der Waals surface area (Å²) in [4.78, 5) is 8.65. The Morgan fingerprint density at radius 2 is 0.708 bits per heavy atom. The topological polar surface area (TPSA) is 43.9 Å². The van der Waals surface area contributed by atoms with Crippen LogP contribution in [0.2, 0.25) is 0 Å². The third kappa shape index (κ3) is 6.99. The van der Waals surface area contributed by atoms with Crippen molar-refractivity contribution in [2.45, 2.75) is 11.8 Å². The molecule has 2 atom stereocenters. The highest BCUT2D eigenvalue weighted by Gasteiger charge is 2.23. The van der Waals surface area contributed by atoms with E-state index in [2.05, 4.69) is 245 Å². The number of hydrogen-bond donors (Lipinski definition) is 0. The van der Waals surface area contributed by atoms with Gasteiger partial charge >= 0.3 is 0 Å². The largest absolute Gasteiger partial charge is 0.454 e. The molecule has 0 aliphatic heterocycles. The van der Waals surface area contributed by atoms with Gasteiger partial charge in [0.2, 0.25) is 0 Å². The Morgan fingerprint density at radius 1 is 0.306 bits per heavy atom. The van der Waals surface area contributed by atoms with Crippen molar-refractivity contribution in [2.24, 2.45) is 0 Å². The van der Waals surface area contributed by atoms with Crippen LogP contribution in [0, 0.1) is 0 Å². The first-order chi connectivity index (χ1) is 35.7. The molecule has 0 bridgehead atoms. The van der Waals surface area contributed by atoms with E-state index in [0.29, 0.717) is 0 Å². The van der Waals surface area contributed by atoms with E-state index in [1.807, 2.05) is 30.9 Å². The van der Waals surface area contributed by atoms with Crippen LogP contribution in [0.25, 0.3) is 93.2 Å². The summed E-state index contributed by atoms with van der Waals surface area (Å²) in [5, 5.41) is 9.64. The van der Waals surface area contributed by atoms with E-state index < -0.39 is 0 Å². The van der Waals surface area contributed by atoms with Gasteiger partial charge in [-0.1, -0.05) is 164 Å². The first kappa shape index (κ1) is 41.6. The summed E-state index contributed by atoms with van der Waals surface area (Å²) in [7, 11) is 0. The van der Waals surface area contributed by atoms with Gasteiger partial charge in [0.1, 0.15) is 11.1 Å². The van der Waals surface area contributed by atoms with Gasteiger partial charge in [0.15, 0.2) is 5.58 Å². The van der Waals surface area contributed by atoms with Crippen LogP contribution in [-0.4, -0.2) is 14.5 Å². The molecule has 0 fully saturated rings. The first-order valence-corrected chi connectivity index (χ1v) is 24.7. The highest BCUT2D eigenvalue weighted by molar-refractivity contribution is 6.26. The fraction of sp³-hybridized carbons (Fsp3) is 0.0294. The molecule has 14 aromatic rings. The Labute approximate surface area is 416 Å². The van der Waals surface area contributed by atoms with Crippen molar-refractivity contribution in [3.8, 4) is 27.9 Å². The maximum absolute atomic E-state index is 6.71. The number of furan rings is 1. The molecule has 0 saturated heterocycles. The van der Waals surface area contributed by atoms with E-state index >= 15 is 0 Å². The smallest absolute Gasteiger partial charge is 0.161 e. The third-order valence-electron chi connectivity index (χ3n) is 14.9. The molecular formula is C68H45N3O. The molecule has 0 aliphatic carbocycles. The molecule has 10 aromatic carbocycles. The van der Waals surface area contributed by atoms with Crippen LogP contribution in [0.4, 0.5) is 0 Å². The molecule has 0 N–H and O–H groups in total. The van der Waals surface area contributed by atoms with Gasteiger partial charge in [-0.15, -0.1) is 0 Å². The summed E-state index contributed by atoms with van der Waals surface area (Å²) in [5.41, 5.74) is 17.1. The van der Waals surface area contributed by atoms with E-state index in [0.717, 1.165) is 49.8 Å². The normalized spacial score (nSPS) is 12.6. The predicted molar refractivity (Wildman–Crippen MR) is 297 cm³/mol. The maximum Gasteiger partial charge on any atom is 0.161 e. The van der Waals surface area contributed by atoms with Gasteiger partial charge in [0.05, 0.1) is 5.52 Å². The standard InChI is InChI=1S/C68H45N3O/c1-3-11-45(12-4-1)65(49-33-37-69-38-34-49)47-21-19-44(20-22-47)51-25-30-57-55-15-7-8-16-56(55)58-31-26-52(42-62(58)61(57)41-51)53-27-32-59-63(43-53)71(67-60-17-9-10-18-64(60)72-68(59)67)54-28-23-48(24-29-54)66(46-13-5-2-6-14-46)50-35-39-70-40-36-50/h1-43,65-66H. The maximum atomic E-state index is 6.71. The molecular weight excluding hydrogens is 875 g/mol. The summed E-state index contributed by atoms with van der Waals surface area (Å²) in [6.45, 7) is 0. The van der Waals surface area contributed by atoms with Crippen LogP contribution >= 0.6 is 0 Å². The van der Waals surface area contributed by atoms with Crippen LogP contribution in [0.5, 0.6) is 0 Å². The minimum absolute atomic E-state index is 0.0690. The zero-order valence-corrected chi connectivity index (χ0v) is 39.2. The highest BCUT2D eigenvalue weighted by atomic mass is 16.3. The lowest BCUT2D eigenvalue weighted by Crippen LogP contribution is -2.04. The lowest BCUT2D eigenvalue weighted by molar-refractivity contribution is 0.673. The SMILES string of the molecule is c1ccc(C(c2ccncc2)c2ccc(-c3ccc4c5ccccc5c5ccc(-c6ccc7c8oc9ccccc9c8n(-c8ccc(C(c9ccccc9)c9ccncc9)cc8)c7c6)cc5c4c3)cc2)cc1. The average Bonchev–Trinajstić information content (AvgIpc) is 3.99. The molecule has 4 heterocycles. The number of para-hydroxylation sites is 1. The van der Waals surface area contributed by atoms with Crippen molar-refractivity contribution in [2.75, 3.05) is 0 Å². The first-order valence-electron chi connectivity index (χ1n) is 24.7. The van der Waals surface area contributed by atoms with Crippen molar-refractivity contribution in [1.29, 1.82) is 0 Å². The van der Waals surface area contributed by atoms with Crippen LogP contribution in [0.15, 0.2) is 266 Å². The van der Waals surface area contributed by atoms with E-state index in [1.165, 1.54) is 76.8 Å². The van der Waals surface area contributed by atoms with E-state index in [9.17, 15) is 0 Å². The number of fused-ring (bicyclic) bond motifs is 11. The summed E-state index contributed by atoms with van der Waals surface area (Å²) >= 11 is 0. The van der Waals surface area contributed by atoms with Crippen LogP contribution < -0.4 is 0 Å². The van der Waals surface area contributed by atoms with Crippen LogP contribution in [0.1, 0.15) is 45.2 Å². The van der Waals surface area contributed by atoms with E-state index in [4.69, 9.17) is 4.42 Å². The van der Waals surface area contributed by atoms with Crippen molar-refractivity contribution in [1.82, 2.24) is 14.5 Å². The van der Waals surface area contributed by atoms with Gasteiger partial charge in [-0.3, -0.25) is 9.97 Å². The number of rotatable bonds is 9.